The number of aryl methyl sites for hydroxylation is 1. The number of aromatic nitrogens is 3. The summed E-state index contributed by atoms with van der Waals surface area (Å²) >= 11 is 0. The Morgan fingerprint density at radius 3 is 2.52 bits per heavy atom. The van der Waals surface area contributed by atoms with Gasteiger partial charge in [0, 0.05) is 23.5 Å². The lowest BCUT2D eigenvalue weighted by atomic mass is 10.2. The summed E-state index contributed by atoms with van der Waals surface area (Å²) in [5, 5.41) is 3.35. The third-order valence-electron chi connectivity index (χ3n) is 5.77. The Morgan fingerprint density at radius 1 is 1.06 bits per heavy atom. The molecule has 33 heavy (non-hydrogen) atoms. The summed E-state index contributed by atoms with van der Waals surface area (Å²) in [6.45, 7) is 3.97. The number of hydrogen-bond donors (Lipinski definition) is 1. The largest absolute Gasteiger partial charge is 0.497 e. The number of benzene rings is 2. The summed E-state index contributed by atoms with van der Waals surface area (Å²) in [6.07, 6.45) is 1.43. The molecule has 0 saturated heterocycles. The van der Waals surface area contributed by atoms with Crippen LogP contribution in [0.4, 0.5) is 0 Å². The Bertz CT molecular complexity index is 1370. The number of carbonyl (C=O) groups is 1. The van der Waals surface area contributed by atoms with Crippen molar-refractivity contribution in [2.45, 2.75) is 26.9 Å². The van der Waals surface area contributed by atoms with Gasteiger partial charge < -0.3 is 14.8 Å². The summed E-state index contributed by atoms with van der Waals surface area (Å²) in [5.41, 5.74) is 3.83. The molecule has 4 aromatic rings. The molecule has 2 aromatic heterocycles. The van der Waals surface area contributed by atoms with Gasteiger partial charge in [0.05, 0.1) is 19.6 Å². The fourth-order valence-corrected chi connectivity index (χ4v) is 3.92. The van der Waals surface area contributed by atoms with Gasteiger partial charge in [0.15, 0.2) is 5.65 Å². The van der Waals surface area contributed by atoms with E-state index in [0.717, 1.165) is 22.5 Å². The highest BCUT2D eigenvalue weighted by Gasteiger charge is 2.18. The third kappa shape index (κ3) is 4.19. The van der Waals surface area contributed by atoms with Gasteiger partial charge in [-0.2, -0.15) is 0 Å². The molecule has 0 bridgehead atoms. The third-order valence-corrected chi connectivity index (χ3v) is 5.77. The molecule has 4 rings (SSSR count). The Kier molecular flexibility index (Phi) is 6.17. The van der Waals surface area contributed by atoms with Gasteiger partial charge in [0.2, 0.25) is 5.91 Å². The first-order valence-corrected chi connectivity index (χ1v) is 10.5. The van der Waals surface area contributed by atoms with Crippen molar-refractivity contribution in [1.29, 1.82) is 0 Å². The van der Waals surface area contributed by atoms with E-state index in [-0.39, 0.29) is 24.6 Å². The van der Waals surface area contributed by atoms with E-state index in [0.29, 0.717) is 22.5 Å². The van der Waals surface area contributed by atoms with Crippen LogP contribution in [0.25, 0.3) is 16.7 Å². The summed E-state index contributed by atoms with van der Waals surface area (Å²) in [4.78, 5) is 30.4. The summed E-state index contributed by atoms with van der Waals surface area (Å²) < 4.78 is 13.9. The van der Waals surface area contributed by atoms with Gasteiger partial charge in [-0.25, -0.2) is 4.98 Å². The Balaban J connectivity index is 1.59. The van der Waals surface area contributed by atoms with Gasteiger partial charge in [-0.1, -0.05) is 18.2 Å². The average molecular weight is 447 g/mol. The molecule has 0 unspecified atom stereocenters. The van der Waals surface area contributed by atoms with E-state index in [1.165, 1.54) is 10.9 Å². The molecule has 0 atom stereocenters. The van der Waals surface area contributed by atoms with Gasteiger partial charge in [0.25, 0.3) is 5.56 Å². The van der Waals surface area contributed by atoms with Crippen LogP contribution < -0.4 is 20.3 Å². The molecule has 0 fully saturated rings. The molecule has 0 saturated carbocycles. The molecule has 0 spiro atoms. The van der Waals surface area contributed by atoms with Crippen molar-refractivity contribution in [3.63, 3.8) is 0 Å². The predicted octanol–water partition coefficient (Wildman–Crippen LogP) is 3.14. The number of rotatable bonds is 7. The molecule has 170 valence electrons. The van der Waals surface area contributed by atoms with Crippen molar-refractivity contribution >= 4 is 16.9 Å². The van der Waals surface area contributed by atoms with Crippen molar-refractivity contribution < 1.29 is 14.3 Å². The van der Waals surface area contributed by atoms with E-state index in [2.05, 4.69) is 10.3 Å². The molecule has 8 nitrogen and oxygen atoms in total. The van der Waals surface area contributed by atoms with Crippen LogP contribution in [0.5, 0.6) is 11.5 Å². The summed E-state index contributed by atoms with van der Waals surface area (Å²) in [5.74, 6) is 1.00. The molecule has 0 radical (unpaired) electrons. The van der Waals surface area contributed by atoms with E-state index in [9.17, 15) is 9.59 Å². The summed E-state index contributed by atoms with van der Waals surface area (Å²) in [7, 11) is 3.15. The maximum atomic E-state index is 13.2. The van der Waals surface area contributed by atoms with E-state index in [1.807, 2.05) is 48.7 Å². The molecule has 2 aromatic carbocycles. The fourth-order valence-electron chi connectivity index (χ4n) is 3.92. The molecule has 0 aliphatic heterocycles. The van der Waals surface area contributed by atoms with Crippen LogP contribution in [0.3, 0.4) is 0 Å². The van der Waals surface area contributed by atoms with Crippen LogP contribution in [0, 0.1) is 13.8 Å². The quantitative estimate of drug-likeness (QED) is 0.471. The normalized spacial score (nSPS) is 10.9. The Hall–Kier alpha value is -4.07. The fraction of sp³-hybridized carbons (Fsp3) is 0.240. The lowest BCUT2D eigenvalue weighted by molar-refractivity contribution is -0.121. The smallest absolute Gasteiger partial charge is 0.263 e. The number of nitrogens with one attached hydrogen (secondary N) is 1. The Labute approximate surface area is 191 Å². The second-order valence-electron chi connectivity index (χ2n) is 7.71. The molecule has 1 N–H and O–H groups in total. The topological polar surface area (TPSA) is 87.4 Å². The van der Waals surface area contributed by atoms with E-state index < -0.39 is 0 Å². The van der Waals surface area contributed by atoms with Gasteiger partial charge in [-0.3, -0.25) is 18.7 Å². The number of carbonyl (C=O) groups excluding carboxylic acids is 1. The highest BCUT2D eigenvalue weighted by Crippen LogP contribution is 2.25. The van der Waals surface area contributed by atoms with E-state index in [4.69, 9.17) is 9.47 Å². The van der Waals surface area contributed by atoms with Crippen molar-refractivity contribution in [3.8, 4) is 17.2 Å². The lowest BCUT2D eigenvalue weighted by Crippen LogP contribution is -2.32. The molecule has 2 heterocycles. The predicted molar refractivity (Wildman–Crippen MR) is 126 cm³/mol. The van der Waals surface area contributed by atoms with Crippen LogP contribution in [0.2, 0.25) is 0 Å². The van der Waals surface area contributed by atoms with Crippen LogP contribution >= 0.6 is 0 Å². The number of para-hydroxylation sites is 1. The van der Waals surface area contributed by atoms with Crippen molar-refractivity contribution in [1.82, 2.24) is 19.4 Å². The van der Waals surface area contributed by atoms with Gasteiger partial charge in [0.1, 0.15) is 24.4 Å². The van der Waals surface area contributed by atoms with Crippen LogP contribution in [0.1, 0.15) is 16.8 Å². The monoisotopic (exact) mass is 446 g/mol. The number of nitrogens with zero attached hydrogens (tertiary/aromatic N) is 3. The first-order chi connectivity index (χ1) is 15.9. The van der Waals surface area contributed by atoms with Crippen LogP contribution in [-0.2, 0) is 17.9 Å². The molecule has 0 aliphatic rings. The zero-order valence-electron chi connectivity index (χ0n) is 19.1. The highest BCUT2D eigenvalue weighted by molar-refractivity contribution is 5.83. The first kappa shape index (κ1) is 22.1. The number of ether oxygens (including phenoxy) is 2. The average Bonchev–Trinajstić information content (AvgIpc) is 3.10. The molecule has 8 heteroatoms. The second-order valence-corrected chi connectivity index (χ2v) is 7.71. The van der Waals surface area contributed by atoms with E-state index >= 15 is 0 Å². The standard InChI is InChI=1S/C25H26N4O4/c1-16-17(2)29(19-8-6-5-7-9-19)24-23(16)25(31)28(15-27-24)14-22(30)26-13-18-12-20(32-3)10-11-21(18)33-4/h5-12,15H,13-14H2,1-4H3,(H,26,30). The zero-order chi connectivity index (χ0) is 23.5. The molecular formula is C25H26N4O4. The second kappa shape index (κ2) is 9.20. The van der Waals surface area contributed by atoms with Crippen molar-refractivity contribution in [2.24, 2.45) is 0 Å². The van der Waals surface area contributed by atoms with Gasteiger partial charge >= 0.3 is 0 Å². The first-order valence-electron chi connectivity index (χ1n) is 10.5. The molecular weight excluding hydrogens is 420 g/mol. The molecule has 1 amide bonds. The SMILES string of the molecule is COc1ccc(OC)c(CNC(=O)Cn2cnc3c(c(C)c(C)n3-c3ccccc3)c2=O)c1. The van der Waals surface area contributed by atoms with Crippen LogP contribution in [0.15, 0.2) is 59.7 Å². The Morgan fingerprint density at radius 2 is 1.82 bits per heavy atom. The summed E-state index contributed by atoms with van der Waals surface area (Å²) in [6, 6.07) is 15.1. The van der Waals surface area contributed by atoms with E-state index in [1.54, 1.807) is 32.4 Å². The highest BCUT2D eigenvalue weighted by atomic mass is 16.5. The molecule has 0 aliphatic carbocycles. The lowest BCUT2D eigenvalue weighted by Gasteiger charge is -2.12. The minimum absolute atomic E-state index is 0.136. The van der Waals surface area contributed by atoms with Crippen molar-refractivity contribution in [3.05, 3.63) is 82.0 Å². The zero-order valence-corrected chi connectivity index (χ0v) is 19.1. The number of methoxy groups -OCH3 is 2. The number of fused-ring (bicyclic) bond motifs is 1. The van der Waals surface area contributed by atoms with Crippen molar-refractivity contribution in [2.75, 3.05) is 14.2 Å². The minimum atomic E-state index is -0.306. The van der Waals surface area contributed by atoms with Gasteiger partial charge in [-0.05, 0) is 49.7 Å². The maximum Gasteiger partial charge on any atom is 0.263 e. The number of amides is 1. The minimum Gasteiger partial charge on any atom is -0.497 e. The van der Waals surface area contributed by atoms with Crippen LogP contribution in [-0.4, -0.2) is 34.2 Å². The number of hydrogen-bond acceptors (Lipinski definition) is 5. The maximum absolute atomic E-state index is 13.2. The van der Waals surface area contributed by atoms with Gasteiger partial charge in [-0.15, -0.1) is 0 Å².